The van der Waals surface area contributed by atoms with Gasteiger partial charge in [-0.2, -0.15) is 32.2 Å². The molecule has 6 aromatic carbocycles. The average molecular weight is 848 g/mol. The third-order valence-electron chi connectivity index (χ3n) is 7.78. The Morgan fingerprint density at radius 1 is 0.509 bits per heavy atom. The van der Waals surface area contributed by atoms with Gasteiger partial charge in [0.1, 0.15) is 26.9 Å². The predicted molar refractivity (Wildman–Crippen MR) is 214 cm³/mol. The molecule has 0 saturated heterocycles. The van der Waals surface area contributed by atoms with Crippen LogP contribution >= 0.6 is 0 Å². The zero-order valence-corrected chi connectivity index (χ0v) is 36.3. The maximum Gasteiger partial charge on any atom is 0.296 e. The summed E-state index contributed by atoms with van der Waals surface area (Å²) in [7, 11) is -14.2. The van der Waals surface area contributed by atoms with E-state index in [4.69, 9.17) is 17.2 Å². The van der Waals surface area contributed by atoms with Gasteiger partial charge < -0.3 is 22.3 Å². The van der Waals surface area contributed by atoms with E-state index in [0.717, 1.165) is 12.1 Å². The van der Waals surface area contributed by atoms with Gasteiger partial charge in [0.15, 0.2) is 5.75 Å². The van der Waals surface area contributed by atoms with E-state index >= 15 is 0 Å². The number of hydrogen-bond donors (Lipinski definition) is 6. The summed E-state index contributed by atoms with van der Waals surface area (Å²) in [5, 5.41) is 34.1. The fourth-order valence-electron chi connectivity index (χ4n) is 5.11. The van der Waals surface area contributed by atoms with Crippen LogP contribution in [-0.2, 0) is 30.1 Å². The van der Waals surface area contributed by atoms with Crippen LogP contribution in [0.15, 0.2) is 159 Å². The van der Waals surface area contributed by atoms with Gasteiger partial charge >= 0.3 is 0 Å². The number of nitrogen functional groups attached to an aromatic ring is 3. The Bertz CT molecular complexity index is 2920. The Morgan fingerprint density at radius 2 is 0.965 bits per heavy atom. The van der Waals surface area contributed by atoms with Crippen LogP contribution in [0.25, 0.3) is 10.8 Å². The maximum atomic E-state index is 13.3. The van der Waals surface area contributed by atoms with Crippen molar-refractivity contribution in [1.82, 2.24) is 0 Å². The van der Waals surface area contributed by atoms with Crippen molar-refractivity contribution in [2.75, 3.05) is 17.2 Å². The van der Waals surface area contributed by atoms with Crippen LogP contribution in [0.1, 0.15) is 0 Å². The largest absolute Gasteiger partial charge is 0.505 e. The first kappa shape index (κ1) is 45.1. The molecule has 57 heavy (non-hydrogen) atoms. The second-order valence-corrected chi connectivity index (χ2v) is 16.2. The summed E-state index contributed by atoms with van der Waals surface area (Å²) in [4.78, 5) is -2.06. The smallest absolute Gasteiger partial charge is 0.296 e. The summed E-state index contributed by atoms with van der Waals surface area (Å²) in [6, 6.07) is 24.8. The van der Waals surface area contributed by atoms with Gasteiger partial charge in [0.25, 0.3) is 20.2 Å². The summed E-state index contributed by atoms with van der Waals surface area (Å²) in [5.74, 6) is -0.919. The van der Waals surface area contributed by atoms with E-state index in [1.54, 1.807) is 30.3 Å². The quantitative estimate of drug-likeness (QED) is 0.0348. The van der Waals surface area contributed by atoms with E-state index in [0.29, 0.717) is 22.7 Å². The van der Waals surface area contributed by atoms with Crippen LogP contribution in [0.5, 0.6) is 5.75 Å². The van der Waals surface area contributed by atoms with Crippen molar-refractivity contribution in [3.05, 3.63) is 109 Å². The predicted octanol–water partition coefficient (Wildman–Crippen LogP) is 7.10. The molecule has 0 saturated carbocycles. The zero-order valence-electron chi connectivity index (χ0n) is 29.8. The van der Waals surface area contributed by atoms with Crippen molar-refractivity contribution in [1.29, 1.82) is 0 Å². The number of rotatable bonds is 10. The van der Waals surface area contributed by atoms with Gasteiger partial charge in [-0.05, 0) is 96.4 Å². The van der Waals surface area contributed by atoms with E-state index < -0.39 is 62.7 Å². The van der Waals surface area contributed by atoms with Crippen molar-refractivity contribution in [2.24, 2.45) is 30.7 Å². The number of benzene rings is 6. The van der Waals surface area contributed by atoms with E-state index in [1.807, 2.05) is 0 Å². The molecule has 2 radical (unpaired) electrons. The number of phenols is 1. The van der Waals surface area contributed by atoms with Crippen LogP contribution in [0.3, 0.4) is 0 Å². The summed E-state index contributed by atoms with van der Waals surface area (Å²) < 4.78 is 96.1. The van der Waals surface area contributed by atoms with Crippen LogP contribution < -0.4 is 17.2 Å². The Morgan fingerprint density at radius 3 is 1.46 bits per heavy atom. The molecule has 9 N–H and O–H groups in total. The molecule has 0 atom stereocenters. The van der Waals surface area contributed by atoms with E-state index in [9.17, 15) is 39.5 Å². The van der Waals surface area contributed by atoms with Gasteiger partial charge in [-0.25, -0.2) is 8.42 Å². The molecule has 0 heterocycles. The minimum Gasteiger partial charge on any atom is -0.505 e. The van der Waals surface area contributed by atoms with Gasteiger partial charge in [-0.3, -0.25) is 9.11 Å². The van der Waals surface area contributed by atoms with Crippen molar-refractivity contribution in [3.8, 4) is 5.75 Å². The van der Waals surface area contributed by atoms with Gasteiger partial charge in [-0.15, -0.1) is 15.3 Å². The summed E-state index contributed by atoms with van der Waals surface area (Å²) in [6.07, 6.45) is 0. The third-order valence-corrected chi connectivity index (χ3v) is 11.3. The second-order valence-electron chi connectivity index (χ2n) is 11.5. The molecule has 0 fully saturated rings. The first-order chi connectivity index (χ1) is 25.9. The molecular formula is C34H27N9Na2O9S3. The SMILES string of the molecule is Nc1ccc(N=Nc2ccc(S(=O)(=O)c3ccc(N=Nc4c(S(=O)(=O)O)cc5cc(S(=O)(=O)O)c(N=Nc6ccccc6)c(O)c5c4N)cc3)cc2)c(N)c1.[Na].[Na]. The van der Waals surface area contributed by atoms with Gasteiger partial charge in [-0.1, -0.05) is 18.2 Å². The number of azo groups is 3. The molecule has 0 bridgehead atoms. The van der Waals surface area contributed by atoms with Crippen LogP contribution in [0.4, 0.5) is 51.2 Å². The molecule has 0 aromatic heterocycles. The summed E-state index contributed by atoms with van der Waals surface area (Å²) in [6.45, 7) is 0. The maximum absolute atomic E-state index is 13.3. The fourth-order valence-corrected chi connectivity index (χ4v) is 7.70. The van der Waals surface area contributed by atoms with Gasteiger partial charge in [0.05, 0.1) is 43.6 Å². The van der Waals surface area contributed by atoms with E-state index in [2.05, 4.69) is 30.7 Å². The molecule has 282 valence electrons. The molecule has 0 aliphatic carbocycles. The van der Waals surface area contributed by atoms with Crippen molar-refractivity contribution in [2.45, 2.75) is 19.6 Å². The molecule has 18 nitrogen and oxygen atoms in total. The first-order valence-electron chi connectivity index (χ1n) is 15.4. The average Bonchev–Trinajstić information content (AvgIpc) is 3.13. The number of aromatic hydroxyl groups is 1. The van der Waals surface area contributed by atoms with Gasteiger partial charge in [0.2, 0.25) is 9.84 Å². The number of anilines is 3. The summed E-state index contributed by atoms with van der Waals surface area (Å²) >= 11 is 0. The van der Waals surface area contributed by atoms with E-state index in [1.165, 1.54) is 66.7 Å². The minimum atomic E-state index is -5.12. The normalized spacial score (nSPS) is 12.2. The molecule has 0 unspecified atom stereocenters. The zero-order chi connectivity index (χ0) is 39.7. The van der Waals surface area contributed by atoms with Gasteiger partial charge in [0, 0.05) is 64.8 Å². The molecular weight excluding hydrogens is 821 g/mol. The standard InChI is InChI=1S/C34H27N9O9S3.2Na/c35-20-6-15-27(26(36)18-20)41-38-22-7-11-24(12-8-22)53(45,46)25-13-9-23(10-14-25)40-42-32-28(54(47,48)49)16-19-17-29(55(50,51)52)33(34(44)30(19)31(32)37)43-39-21-4-2-1-3-5-21;;/h1-18,44H,35-37H2,(H,47,48,49)(H,50,51,52);;. The number of phenolic OH excluding ortho intramolecular Hbond substituents is 1. The first-order valence-corrected chi connectivity index (χ1v) is 19.8. The number of hydrogen-bond acceptors (Lipinski definition) is 16. The monoisotopic (exact) mass is 847 g/mol. The molecule has 0 aliphatic rings. The minimum absolute atomic E-state index is 0. The number of fused-ring (bicyclic) bond motifs is 1. The molecule has 0 aliphatic heterocycles. The third kappa shape index (κ3) is 10.1. The van der Waals surface area contributed by atoms with E-state index in [-0.39, 0.29) is 91.1 Å². The number of nitrogens with zero attached hydrogens (tertiary/aromatic N) is 6. The second kappa shape index (κ2) is 17.9. The van der Waals surface area contributed by atoms with Crippen LogP contribution in [0.2, 0.25) is 0 Å². The summed E-state index contributed by atoms with van der Waals surface area (Å²) in [5.41, 5.74) is 17.6. The Hall–Kier alpha value is -4.65. The Kier molecular flexibility index (Phi) is 14.1. The topological polar surface area (TPSA) is 315 Å². The molecule has 0 amide bonds. The number of nitrogens with two attached hydrogens (primary N) is 3. The van der Waals surface area contributed by atoms with Crippen molar-refractivity contribution in [3.63, 3.8) is 0 Å². The number of sulfone groups is 1. The molecule has 6 aromatic rings. The van der Waals surface area contributed by atoms with Crippen molar-refractivity contribution >= 4 is 151 Å². The Labute approximate surface area is 369 Å². The van der Waals surface area contributed by atoms with Crippen LogP contribution in [0, 0.1) is 0 Å². The molecule has 23 heteroatoms. The van der Waals surface area contributed by atoms with Crippen molar-refractivity contribution < 1.29 is 39.5 Å². The van der Waals surface area contributed by atoms with Crippen LogP contribution in [-0.4, -0.2) is 98.6 Å². The molecule has 6 rings (SSSR count). The fraction of sp³-hybridized carbons (Fsp3) is 0. The molecule has 0 spiro atoms. The Balaban J connectivity index is 0.00000360.